The van der Waals surface area contributed by atoms with E-state index in [1.165, 1.54) is 30.6 Å². The number of nitrogens with one attached hydrogen (secondary N) is 1. The molecule has 2 heterocycles. The van der Waals surface area contributed by atoms with Crippen LogP contribution in [0.2, 0.25) is 10.2 Å². The van der Waals surface area contributed by atoms with Gasteiger partial charge in [-0.05, 0) is 29.8 Å². The molecule has 0 bridgehead atoms. The van der Waals surface area contributed by atoms with Gasteiger partial charge < -0.3 is 5.11 Å². The molecule has 0 saturated carbocycles. The van der Waals surface area contributed by atoms with Crippen LogP contribution in [0.15, 0.2) is 54.9 Å². The van der Waals surface area contributed by atoms with Gasteiger partial charge >= 0.3 is 6.09 Å². The molecule has 150 valence electrons. The number of anilines is 1. The first kappa shape index (κ1) is 19.6. The van der Waals surface area contributed by atoms with Gasteiger partial charge in [0.25, 0.3) is 5.69 Å². The highest BCUT2D eigenvalue weighted by atomic mass is 35.5. The quantitative estimate of drug-likeness (QED) is 0.321. The van der Waals surface area contributed by atoms with E-state index in [2.05, 4.69) is 15.3 Å². The molecule has 0 aliphatic heterocycles. The normalized spacial score (nSPS) is 10.9. The largest absolute Gasteiger partial charge is 0.465 e. The van der Waals surface area contributed by atoms with Crippen LogP contribution in [-0.4, -0.2) is 30.7 Å². The van der Waals surface area contributed by atoms with E-state index in [0.29, 0.717) is 32.9 Å². The first-order valence-electron chi connectivity index (χ1n) is 8.42. The number of rotatable bonds is 4. The van der Waals surface area contributed by atoms with Gasteiger partial charge in [-0.3, -0.25) is 20.0 Å². The molecule has 30 heavy (non-hydrogen) atoms. The molecule has 0 saturated heterocycles. The monoisotopic (exact) mass is 443 g/mol. The standard InChI is InChI=1S/C19H11Cl2N5O4/c20-11-3-1-10(2-4-11)14-15-17(24-19(27)28)22-9-23-18(15)25(16(14)21)12-5-7-13(8-6-12)26(29)30/h1-9H,(H,27,28)(H,22,23,24). The number of nitro groups is 1. The fourth-order valence-corrected chi connectivity index (χ4v) is 3.63. The van der Waals surface area contributed by atoms with Crippen molar-refractivity contribution in [2.75, 3.05) is 5.32 Å². The molecule has 0 aliphatic rings. The van der Waals surface area contributed by atoms with Crippen molar-refractivity contribution in [3.8, 4) is 16.8 Å². The van der Waals surface area contributed by atoms with Crippen LogP contribution >= 0.6 is 23.2 Å². The Morgan fingerprint density at radius 3 is 2.33 bits per heavy atom. The lowest BCUT2D eigenvalue weighted by Gasteiger charge is -2.07. The van der Waals surface area contributed by atoms with Gasteiger partial charge in [-0.25, -0.2) is 14.8 Å². The summed E-state index contributed by atoms with van der Waals surface area (Å²) < 4.78 is 1.57. The van der Waals surface area contributed by atoms with Gasteiger partial charge in [0.15, 0.2) is 5.65 Å². The van der Waals surface area contributed by atoms with E-state index in [9.17, 15) is 20.0 Å². The molecule has 2 N–H and O–H groups in total. The second kappa shape index (κ2) is 7.62. The fourth-order valence-electron chi connectivity index (χ4n) is 3.12. The molecule has 2 aromatic carbocycles. The summed E-state index contributed by atoms with van der Waals surface area (Å²) >= 11 is 12.7. The Hall–Kier alpha value is -3.69. The lowest BCUT2D eigenvalue weighted by atomic mass is 10.1. The topological polar surface area (TPSA) is 123 Å². The number of carboxylic acid groups (broad SMARTS) is 1. The first-order chi connectivity index (χ1) is 14.4. The molecule has 2 aromatic heterocycles. The van der Waals surface area contributed by atoms with Gasteiger partial charge in [0, 0.05) is 28.4 Å². The van der Waals surface area contributed by atoms with Crippen molar-refractivity contribution in [1.29, 1.82) is 0 Å². The van der Waals surface area contributed by atoms with Gasteiger partial charge in [-0.2, -0.15) is 0 Å². The molecular formula is C19H11Cl2N5O4. The molecular weight excluding hydrogens is 433 g/mol. The van der Waals surface area contributed by atoms with Crippen LogP contribution in [0.1, 0.15) is 0 Å². The zero-order valence-corrected chi connectivity index (χ0v) is 16.4. The Labute approximate surface area is 178 Å². The highest BCUT2D eigenvalue weighted by Crippen LogP contribution is 2.42. The van der Waals surface area contributed by atoms with Crippen LogP contribution in [0.5, 0.6) is 0 Å². The molecule has 0 atom stereocenters. The van der Waals surface area contributed by atoms with E-state index >= 15 is 0 Å². The Morgan fingerprint density at radius 1 is 1.07 bits per heavy atom. The Bertz CT molecular complexity index is 1290. The van der Waals surface area contributed by atoms with E-state index in [-0.39, 0.29) is 16.7 Å². The molecule has 0 fully saturated rings. The summed E-state index contributed by atoms with van der Waals surface area (Å²) in [6.45, 7) is 0. The van der Waals surface area contributed by atoms with Crippen LogP contribution < -0.4 is 5.32 Å². The number of halogens is 2. The third-order valence-electron chi connectivity index (χ3n) is 4.37. The maximum absolute atomic E-state index is 11.3. The molecule has 1 amide bonds. The Morgan fingerprint density at radius 2 is 1.73 bits per heavy atom. The van der Waals surface area contributed by atoms with Crippen molar-refractivity contribution < 1.29 is 14.8 Å². The second-order valence-electron chi connectivity index (χ2n) is 6.13. The third kappa shape index (κ3) is 3.40. The van der Waals surface area contributed by atoms with Crippen LogP contribution in [0, 0.1) is 10.1 Å². The number of hydrogen-bond acceptors (Lipinski definition) is 5. The molecule has 0 aliphatic carbocycles. The average molecular weight is 444 g/mol. The fraction of sp³-hybridized carbons (Fsp3) is 0. The van der Waals surface area contributed by atoms with Crippen LogP contribution in [0.25, 0.3) is 27.8 Å². The molecule has 11 heteroatoms. The minimum atomic E-state index is -1.30. The highest BCUT2D eigenvalue weighted by Gasteiger charge is 2.24. The number of nitro benzene ring substituents is 1. The molecule has 4 aromatic rings. The summed E-state index contributed by atoms with van der Waals surface area (Å²) in [4.78, 5) is 30.1. The summed E-state index contributed by atoms with van der Waals surface area (Å²) in [6.07, 6.45) is -0.0893. The van der Waals surface area contributed by atoms with Crippen LogP contribution in [0.4, 0.5) is 16.3 Å². The van der Waals surface area contributed by atoms with Gasteiger partial charge in [0.1, 0.15) is 17.3 Å². The van der Waals surface area contributed by atoms with Gasteiger partial charge in [-0.1, -0.05) is 35.3 Å². The average Bonchev–Trinajstić information content (AvgIpc) is 3.01. The smallest absolute Gasteiger partial charge is 0.410 e. The molecule has 0 radical (unpaired) electrons. The minimum absolute atomic E-state index is 0.0556. The number of aromatic nitrogens is 3. The summed E-state index contributed by atoms with van der Waals surface area (Å²) in [5, 5.41) is 23.6. The number of amides is 1. The van der Waals surface area contributed by atoms with Crippen molar-refractivity contribution in [1.82, 2.24) is 14.5 Å². The Kier molecular flexibility index (Phi) is 4.98. The number of fused-ring (bicyclic) bond motifs is 1. The van der Waals surface area contributed by atoms with E-state index in [1.54, 1.807) is 28.8 Å². The van der Waals surface area contributed by atoms with Crippen LogP contribution in [0.3, 0.4) is 0 Å². The maximum atomic E-state index is 11.3. The van der Waals surface area contributed by atoms with E-state index in [0.717, 1.165) is 0 Å². The van der Waals surface area contributed by atoms with Gasteiger partial charge in [0.2, 0.25) is 0 Å². The summed E-state index contributed by atoms with van der Waals surface area (Å²) in [7, 11) is 0. The lowest BCUT2D eigenvalue weighted by molar-refractivity contribution is -0.384. The van der Waals surface area contributed by atoms with E-state index in [4.69, 9.17) is 23.2 Å². The molecule has 4 rings (SSSR count). The summed E-state index contributed by atoms with van der Waals surface area (Å²) in [5.41, 5.74) is 1.92. The number of nitrogens with zero attached hydrogens (tertiary/aromatic N) is 4. The van der Waals surface area contributed by atoms with Gasteiger partial charge in [0.05, 0.1) is 10.3 Å². The minimum Gasteiger partial charge on any atom is -0.465 e. The van der Waals surface area contributed by atoms with Crippen molar-refractivity contribution in [3.05, 3.63) is 75.1 Å². The molecule has 0 unspecified atom stereocenters. The predicted molar refractivity (Wildman–Crippen MR) is 113 cm³/mol. The van der Waals surface area contributed by atoms with Gasteiger partial charge in [-0.15, -0.1) is 0 Å². The number of hydrogen-bond donors (Lipinski definition) is 2. The van der Waals surface area contributed by atoms with Crippen molar-refractivity contribution in [2.24, 2.45) is 0 Å². The van der Waals surface area contributed by atoms with Crippen molar-refractivity contribution >= 4 is 51.8 Å². The SMILES string of the molecule is O=C(O)Nc1ncnc2c1c(-c1ccc(Cl)cc1)c(Cl)n2-c1ccc([N+](=O)[O-])cc1. The van der Waals surface area contributed by atoms with Crippen molar-refractivity contribution in [2.45, 2.75) is 0 Å². The van der Waals surface area contributed by atoms with E-state index < -0.39 is 11.0 Å². The number of non-ortho nitro benzene ring substituents is 1. The Balaban J connectivity index is 2.04. The molecule has 9 nitrogen and oxygen atoms in total. The zero-order chi connectivity index (χ0) is 21.4. The second-order valence-corrected chi connectivity index (χ2v) is 6.93. The summed E-state index contributed by atoms with van der Waals surface area (Å²) in [6, 6.07) is 12.6. The van der Waals surface area contributed by atoms with E-state index in [1.807, 2.05) is 0 Å². The third-order valence-corrected chi connectivity index (χ3v) is 4.98. The zero-order valence-electron chi connectivity index (χ0n) is 14.9. The van der Waals surface area contributed by atoms with Crippen LogP contribution in [-0.2, 0) is 0 Å². The first-order valence-corrected chi connectivity index (χ1v) is 9.18. The number of benzene rings is 2. The highest BCUT2D eigenvalue weighted by molar-refractivity contribution is 6.36. The predicted octanol–water partition coefficient (Wildman–Crippen LogP) is 5.39. The maximum Gasteiger partial charge on any atom is 0.410 e. The summed E-state index contributed by atoms with van der Waals surface area (Å²) in [5.74, 6) is 0.0556. The lowest BCUT2D eigenvalue weighted by Crippen LogP contribution is -2.09. The van der Waals surface area contributed by atoms with Crippen molar-refractivity contribution in [3.63, 3.8) is 0 Å². The molecule has 0 spiro atoms. The number of carbonyl (C=O) groups is 1.